The second-order valence-corrected chi connectivity index (χ2v) is 5.94. The zero-order valence-electron chi connectivity index (χ0n) is 12.0. The Hall–Kier alpha value is -1.13. The van der Waals surface area contributed by atoms with E-state index in [1.807, 2.05) is 10.9 Å². The van der Waals surface area contributed by atoms with Crippen LogP contribution in [0.25, 0.3) is 0 Å². The maximum absolute atomic E-state index is 4.43. The summed E-state index contributed by atoms with van der Waals surface area (Å²) < 4.78 is 3.12. The Bertz CT molecular complexity index is 505. The van der Waals surface area contributed by atoms with E-state index in [4.69, 9.17) is 0 Å². The molecule has 0 aliphatic carbocycles. The van der Waals surface area contributed by atoms with Crippen molar-refractivity contribution in [1.29, 1.82) is 0 Å². The molecule has 0 fully saturated rings. The number of benzene rings is 1. The van der Waals surface area contributed by atoms with Crippen LogP contribution in [0.3, 0.4) is 0 Å². The number of halogens is 1. The Morgan fingerprint density at radius 3 is 2.70 bits per heavy atom. The van der Waals surface area contributed by atoms with Gasteiger partial charge in [-0.05, 0) is 55.6 Å². The summed E-state index contributed by atoms with van der Waals surface area (Å²) in [5.74, 6) is 0. The third-order valence-electron chi connectivity index (χ3n) is 3.19. The van der Waals surface area contributed by atoms with E-state index < -0.39 is 0 Å². The summed E-state index contributed by atoms with van der Waals surface area (Å²) in [4.78, 5) is 0. The van der Waals surface area contributed by atoms with E-state index in [0.717, 1.165) is 30.5 Å². The van der Waals surface area contributed by atoms with Crippen LogP contribution in [-0.4, -0.2) is 22.9 Å². The number of rotatable bonds is 8. The van der Waals surface area contributed by atoms with Crippen molar-refractivity contribution in [1.82, 2.24) is 15.1 Å². The van der Waals surface area contributed by atoms with Crippen LogP contribution in [0.1, 0.15) is 30.9 Å². The Kier molecular flexibility index (Phi) is 6.27. The van der Waals surface area contributed by atoms with Gasteiger partial charge in [0.25, 0.3) is 0 Å². The molecule has 1 aromatic heterocycles. The predicted octanol–water partition coefficient (Wildman–Crippen LogP) is 3.63. The molecule has 0 saturated carbocycles. The third kappa shape index (κ3) is 5.10. The molecule has 0 saturated heterocycles. The van der Waals surface area contributed by atoms with Crippen molar-refractivity contribution < 1.29 is 0 Å². The zero-order valence-corrected chi connectivity index (χ0v) is 13.6. The summed E-state index contributed by atoms with van der Waals surface area (Å²) in [6.07, 6.45) is 7.60. The first kappa shape index (κ1) is 15.3. The fraction of sp³-hybridized carbons (Fsp3) is 0.438. The summed E-state index contributed by atoms with van der Waals surface area (Å²) in [6.45, 7) is 5.23. The lowest BCUT2D eigenvalue weighted by atomic mass is 10.2. The lowest BCUT2D eigenvalue weighted by Crippen LogP contribution is -2.16. The molecule has 3 nitrogen and oxygen atoms in total. The quantitative estimate of drug-likeness (QED) is 0.746. The lowest BCUT2D eigenvalue weighted by Gasteiger charge is -2.02. The van der Waals surface area contributed by atoms with Gasteiger partial charge in [-0.15, -0.1) is 0 Å². The maximum Gasteiger partial charge on any atom is 0.0659 e. The predicted molar refractivity (Wildman–Crippen MR) is 87.0 cm³/mol. The van der Waals surface area contributed by atoms with Crippen molar-refractivity contribution in [2.75, 3.05) is 13.1 Å². The molecule has 0 atom stereocenters. The van der Waals surface area contributed by atoms with Gasteiger partial charge in [0.15, 0.2) is 0 Å². The minimum Gasteiger partial charge on any atom is -0.317 e. The molecular formula is C16H22BrN3. The van der Waals surface area contributed by atoms with Gasteiger partial charge in [-0.3, -0.25) is 4.68 Å². The molecule has 2 rings (SSSR count). The highest BCUT2D eigenvalue weighted by molar-refractivity contribution is 9.10. The van der Waals surface area contributed by atoms with Gasteiger partial charge in [0.2, 0.25) is 0 Å². The summed E-state index contributed by atoms with van der Waals surface area (Å²) in [5, 5.41) is 7.86. The van der Waals surface area contributed by atoms with E-state index in [9.17, 15) is 0 Å². The Morgan fingerprint density at radius 2 is 1.95 bits per heavy atom. The first-order chi connectivity index (χ1) is 9.78. The summed E-state index contributed by atoms with van der Waals surface area (Å²) in [7, 11) is 0. The van der Waals surface area contributed by atoms with Crippen molar-refractivity contribution in [3.63, 3.8) is 0 Å². The van der Waals surface area contributed by atoms with Gasteiger partial charge >= 0.3 is 0 Å². The lowest BCUT2D eigenvalue weighted by molar-refractivity contribution is 0.639. The molecule has 1 heterocycles. The minimum atomic E-state index is 0.835. The first-order valence-electron chi connectivity index (χ1n) is 7.24. The topological polar surface area (TPSA) is 29.9 Å². The van der Waals surface area contributed by atoms with Crippen LogP contribution >= 0.6 is 15.9 Å². The highest BCUT2D eigenvalue weighted by Crippen LogP contribution is 2.12. The van der Waals surface area contributed by atoms with Gasteiger partial charge in [0.1, 0.15) is 0 Å². The minimum absolute atomic E-state index is 0.835. The van der Waals surface area contributed by atoms with Gasteiger partial charge in [-0.25, -0.2) is 0 Å². The van der Waals surface area contributed by atoms with Gasteiger partial charge < -0.3 is 5.32 Å². The van der Waals surface area contributed by atoms with Crippen LogP contribution in [0.2, 0.25) is 0 Å². The number of nitrogens with zero attached hydrogens (tertiary/aromatic N) is 2. The van der Waals surface area contributed by atoms with Crippen LogP contribution in [0, 0.1) is 0 Å². The first-order valence-corrected chi connectivity index (χ1v) is 8.03. The maximum atomic E-state index is 4.43. The number of hydrogen-bond acceptors (Lipinski definition) is 2. The average molecular weight is 336 g/mol. The smallest absolute Gasteiger partial charge is 0.0659 e. The van der Waals surface area contributed by atoms with E-state index >= 15 is 0 Å². The molecule has 0 aliphatic rings. The number of nitrogens with one attached hydrogen (secondary N) is 1. The molecule has 20 heavy (non-hydrogen) atoms. The normalized spacial score (nSPS) is 10.9. The summed E-state index contributed by atoms with van der Waals surface area (Å²) in [5.41, 5.74) is 2.59. The summed E-state index contributed by atoms with van der Waals surface area (Å²) >= 11 is 3.45. The van der Waals surface area contributed by atoms with Crippen LogP contribution in [0.4, 0.5) is 0 Å². The van der Waals surface area contributed by atoms with Crippen molar-refractivity contribution in [2.24, 2.45) is 0 Å². The third-order valence-corrected chi connectivity index (χ3v) is 3.72. The molecule has 1 aromatic carbocycles. The van der Waals surface area contributed by atoms with E-state index in [1.165, 1.54) is 24.0 Å². The molecule has 0 amide bonds. The zero-order chi connectivity index (χ0) is 14.2. The highest BCUT2D eigenvalue weighted by Gasteiger charge is 2.00. The molecule has 0 bridgehead atoms. The molecule has 2 aromatic rings. The second-order valence-electron chi connectivity index (χ2n) is 5.03. The van der Waals surface area contributed by atoms with Crippen molar-refractivity contribution >= 4 is 15.9 Å². The van der Waals surface area contributed by atoms with Crippen molar-refractivity contribution in [3.8, 4) is 0 Å². The van der Waals surface area contributed by atoms with Gasteiger partial charge in [-0.2, -0.15) is 5.10 Å². The van der Waals surface area contributed by atoms with Crippen molar-refractivity contribution in [2.45, 2.75) is 32.7 Å². The molecule has 0 spiro atoms. The summed E-state index contributed by atoms with van der Waals surface area (Å²) in [6, 6.07) is 8.39. The van der Waals surface area contributed by atoms with Crippen LogP contribution in [-0.2, 0) is 13.0 Å². The van der Waals surface area contributed by atoms with E-state index in [-0.39, 0.29) is 0 Å². The Morgan fingerprint density at radius 1 is 1.15 bits per heavy atom. The largest absolute Gasteiger partial charge is 0.317 e. The fourth-order valence-electron chi connectivity index (χ4n) is 2.12. The van der Waals surface area contributed by atoms with Crippen molar-refractivity contribution in [3.05, 3.63) is 52.3 Å². The standard InChI is InChI=1S/C16H22BrN3/c1-2-9-18-10-3-4-15-11-19-20(13-15)12-14-5-7-16(17)8-6-14/h5-8,11,13,18H,2-4,9-10,12H2,1H3. The number of aryl methyl sites for hydroxylation is 1. The molecule has 4 heteroatoms. The molecule has 1 N–H and O–H groups in total. The second kappa shape index (κ2) is 8.22. The van der Waals surface area contributed by atoms with Crippen LogP contribution in [0.15, 0.2) is 41.1 Å². The van der Waals surface area contributed by atoms with Gasteiger partial charge in [0.05, 0.1) is 12.7 Å². The average Bonchev–Trinajstić information content (AvgIpc) is 2.89. The number of aromatic nitrogens is 2. The monoisotopic (exact) mass is 335 g/mol. The van der Waals surface area contributed by atoms with E-state index in [0.29, 0.717) is 0 Å². The van der Waals surface area contributed by atoms with Crippen LogP contribution in [0.5, 0.6) is 0 Å². The van der Waals surface area contributed by atoms with Crippen LogP contribution < -0.4 is 5.32 Å². The number of hydrogen-bond donors (Lipinski definition) is 1. The fourth-order valence-corrected chi connectivity index (χ4v) is 2.38. The highest BCUT2D eigenvalue weighted by atomic mass is 79.9. The SMILES string of the molecule is CCCNCCCc1cnn(Cc2ccc(Br)cc2)c1. The Balaban J connectivity index is 1.78. The van der Waals surface area contributed by atoms with Gasteiger partial charge in [-0.1, -0.05) is 35.0 Å². The van der Waals surface area contributed by atoms with E-state index in [1.54, 1.807) is 0 Å². The molecule has 108 valence electrons. The molecule has 0 radical (unpaired) electrons. The Labute approximate surface area is 129 Å². The van der Waals surface area contributed by atoms with E-state index in [2.05, 4.69) is 63.7 Å². The molecule has 0 unspecified atom stereocenters. The molecule has 0 aliphatic heterocycles. The molecular weight excluding hydrogens is 314 g/mol. The van der Waals surface area contributed by atoms with Gasteiger partial charge in [0, 0.05) is 10.7 Å².